The van der Waals surface area contributed by atoms with Crippen molar-refractivity contribution in [3.8, 4) is 0 Å². The van der Waals surface area contributed by atoms with E-state index in [1.165, 1.54) is 6.92 Å². The molecule has 0 spiro atoms. The molecule has 1 amide bonds. The van der Waals surface area contributed by atoms with Gasteiger partial charge in [-0.25, -0.2) is 0 Å². The van der Waals surface area contributed by atoms with Gasteiger partial charge in [0.25, 0.3) is 11.7 Å². The normalized spacial score (nSPS) is 9.94. The van der Waals surface area contributed by atoms with E-state index in [0.29, 0.717) is 4.90 Å². The molecule has 0 saturated carbocycles. The number of aromatic nitrogens is 2. The van der Waals surface area contributed by atoms with Gasteiger partial charge in [0.2, 0.25) is 5.89 Å². The van der Waals surface area contributed by atoms with Crippen molar-refractivity contribution in [1.82, 2.24) is 15.0 Å². The quantitative estimate of drug-likeness (QED) is 0.671. The number of amides is 1. The molecule has 92 valence electrons. The predicted octanol–water partition coefficient (Wildman–Crippen LogP) is -1.01. The molecular formula is C8H9N3O6. The van der Waals surface area contributed by atoms with E-state index in [4.69, 9.17) is 10.2 Å². The molecule has 2 N–H and O–H groups in total. The van der Waals surface area contributed by atoms with Crippen molar-refractivity contribution in [1.29, 1.82) is 0 Å². The van der Waals surface area contributed by atoms with Crippen LogP contribution < -0.4 is 0 Å². The van der Waals surface area contributed by atoms with Crippen LogP contribution in [0.3, 0.4) is 0 Å². The standard InChI is InChI=1S/C8H9N3O6/c1-4-9-7(10-17-4)8(16)11(2-5(12)13)3-6(14)15/h2-3H2,1H3,(H,12,13)(H,14,15). The van der Waals surface area contributed by atoms with Gasteiger partial charge in [0.05, 0.1) is 0 Å². The lowest BCUT2D eigenvalue weighted by Crippen LogP contribution is -2.39. The van der Waals surface area contributed by atoms with Crippen LogP contribution in [0.5, 0.6) is 0 Å². The molecule has 0 aliphatic heterocycles. The maximum absolute atomic E-state index is 11.6. The molecular weight excluding hydrogens is 234 g/mol. The summed E-state index contributed by atoms with van der Waals surface area (Å²) in [6.45, 7) is -0.0556. The van der Waals surface area contributed by atoms with E-state index in [1.807, 2.05) is 0 Å². The Bertz CT molecular complexity index is 438. The fourth-order valence-electron chi connectivity index (χ4n) is 1.05. The highest BCUT2D eigenvalue weighted by Gasteiger charge is 2.24. The summed E-state index contributed by atoms with van der Waals surface area (Å²) in [6.07, 6.45) is 0. The molecule has 0 unspecified atom stereocenters. The van der Waals surface area contributed by atoms with Crippen molar-refractivity contribution in [3.05, 3.63) is 11.7 Å². The third kappa shape index (κ3) is 3.55. The molecule has 0 aromatic carbocycles. The highest BCUT2D eigenvalue weighted by Crippen LogP contribution is 2.01. The third-order valence-corrected chi connectivity index (χ3v) is 1.66. The van der Waals surface area contributed by atoms with E-state index in [0.717, 1.165) is 0 Å². The Hall–Kier alpha value is -2.45. The Balaban J connectivity index is 2.85. The van der Waals surface area contributed by atoms with Gasteiger partial charge in [-0.3, -0.25) is 14.4 Å². The minimum absolute atomic E-state index is 0.124. The second-order valence-corrected chi connectivity index (χ2v) is 3.09. The zero-order valence-electron chi connectivity index (χ0n) is 8.78. The summed E-state index contributed by atoms with van der Waals surface area (Å²) in [7, 11) is 0. The number of aryl methyl sites for hydroxylation is 1. The van der Waals surface area contributed by atoms with Gasteiger partial charge in [-0.2, -0.15) is 4.98 Å². The molecule has 9 heteroatoms. The van der Waals surface area contributed by atoms with Crippen molar-refractivity contribution in [2.24, 2.45) is 0 Å². The first-order chi connectivity index (χ1) is 7.90. The Kier molecular flexibility index (Phi) is 3.75. The molecule has 0 fully saturated rings. The Morgan fingerprint density at radius 3 is 2.12 bits per heavy atom. The van der Waals surface area contributed by atoms with E-state index in [2.05, 4.69) is 14.7 Å². The van der Waals surface area contributed by atoms with Crippen LogP contribution in [0.2, 0.25) is 0 Å². The summed E-state index contributed by atoms with van der Waals surface area (Å²) in [5.74, 6) is -3.82. The number of rotatable bonds is 5. The number of hydrogen-bond donors (Lipinski definition) is 2. The van der Waals surface area contributed by atoms with Crippen LogP contribution in [-0.2, 0) is 9.59 Å². The van der Waals surface area contributed by atoms with Crippen LogP contribution in [0.4, 0.5) is 0 Å². The molecule has 0 saturated heterocycles. The zero-order valence-corrected chi connectivity index (χ0v) is 8.78. The Morgan fingerprint density at radius 2 is 1.76 bits per heavy atom. The number of nitrogens with zero attached hydrogens (tertiary/aromatic N) is 3. The number of carbonyl (C=O) groups is 3. The average Bonchev–Trinajstić information content (AvgIpc) is 2.61. The van der Waals surface area contributed by atoms with Gasteiger partial charge in [-0.15, -0.1) is 0 Å². The van der Waals surface area contributed by atoms with E-state index in [9.17, 15) is 14.4 Å². The van der Waals surface area contributed by atoms with Crippen LogP contribution in [0.1, 0.15) is 16.5 Å². The minimum atomic E-state index is -1.33. The molecule has 9 nitrogen and oxygen atoms in total. The second-order valence-electron chi connectivity index (χ2n) is 3.09. The lowest BCUT2D eigenvalue weighted by atomic mass is 10.4. The summed E-state index contributed by atoms with van der Waals surface area (Å²) in [5, 5.41) is 20.4. The zero-order chi connectivity index (χ0) is 13.0. The number of carboxylic acid groups (broad SMARTS) is 2. The van der Waals surface area contributed by atoms with Crippen LogP contribution >= 0.6 is 0 Å². The number of carbonyl (C=O) groups excluding carboxylic acids is 1. The molecule has 1 aromatic rings. The SMILES string of the molecule is Cc1nc(C(=O)N(CC(=O)O)CC(=O)O)no1. The van der Waals surface area contributed by atoms with E-state index in [1.54, 1.807) is 0 Å². The molecule has 1 aromatic heterocycles. The van der Waals surface area contributed by atoms with E-state index < -0.39 is 30.9 Å². The molecule has 0 aliphatic carbocycles. The van der Waals surface area contributed by atoms with Gasteiger partial charge in [-0.1, -0.05) is 5.16 Å². The van der Waals surface area contributed by atoms with Crippen LogP contribution in [0, 0.1) is 6.92 Å². The van der Waals surface area contributed by atoms with Gasteiger partial charge >= 0.3 is 11.9 Å². The van der Waals surface area contributed by atoms with Crippen molar-refractivity contribution >= 4 is 17.8 Å². The molecule has 0 bridgehead atoms. The first kappa shape index (κ1) is 12.6. The molecule has 0 aliphatic rings. The van der Waals surface area contributed by atoms with E-state index in [-0.39, 0.29) is 11.7 Å². The molecule has 1 rings (SSSR count). The first-order valence-electron chi connectivity index (χ1n) is 4.43. The molecule has 0 atom stereocenters. The summed E-state index contributed by atoms with van der Waals surface area (Å²) in [5.41, 5.74) is 0. The Labute approximate surface area is 94.6 Å². The van der Waals surface area contributed by atoms with Gasteiger partial charge in [0.15, 0.2) is 0 Å². The summed E-state index contributed by atoms with van der Waals surface area (Å²) in [4.78, 5) is 36.8. The van der Waals surface area contributed by atoms with Gasteiger partial charge < -0.3 is 19.6 Å². The van der Waals surface area contributed by atoms with Crippen LogP contribution in [0.15, 0.2) is 4.52 Å². The fraction of sp³-hybridized carbons (Fsp3) is 0.375. The van der Waals surface area contributed by atoms with Crippen LogP contribution in [0.25, 0.3) is 0 Å². The second kappa shape index (κ2) is 5.05. The van der Waals surface area contributed by atoms with Crippen molar-refractivity contribution in [3.63, 3.8) is 0 Å². The minimum Gasteiger partial charge on any atom is -0.480 e. The Morgan fingerprint density at radius 1 is 1.24 bits per heavy atom. The van der Waals surface area contributed by atoms with E-state index >= 15 is 0 Å². The predicted molar refractivity (Wildman–Crippen MR) is 50.2 cm³/mol. The topological polar surface area (TPSA) is 134 Å². The number of carboxylic acids is 2. The van der Waals surface area contributed by atoms with Crippen molar-refractivity contribution in [2.75, 3.05) is 13.1 Å². The summed E-state index contributed by atoms with van der Waals surface area (Å²) < 4.78 is 4.54. The van der Waals surface area contributed by atoms with Gasteiger partial charge in [-0.05, 0) is 0 Å². The van der Waals surface area contributed by atoms with Crippen molar-refractivity contribution < 1.29 is 29.1 Å². The monoisotopic (exact) mass is 243 g/mol. The maximum Gasteiger partial charge on any atom is 0.323 e. The average molecular weight is 243 g/mol. The number of aliphatic carboxylic acids is 2. The molecule has 1 heterocycles. The smallest absolute Gasteiger partial charge is 0.323 e. The first-order valence-corrected chi connectivity index (χ1v) is 4.43. The summed E-state index contributed by atoms with van der Waals surface area (Å²) >= 11 is 0. The highest BCUT2D eigenvalue weighted by atomic mass is 16.5. The molecule has 17 heavy (non-hydrogen) atoms. The fourth-order valence-corrected chi connectivity index (χ4v) is 1.05. The van der Waals surface area contributed by atoms with Crippen molar-refractivity contribution in [2.45, 2.75) is 6.92 Å². The van der Waals surface area contributed by atoms with Crippen LogP contribution in [-0.4, -0.2) is 56.2 Å². The largest absolute Gasteiger partial charge is 0.480 e. The maximum atomic E-state index is 11.6. The lowest BCUT2D eigenvalue weighted by molar-refractivity contribution is -0.140. The van der Waals surface area contributed by atoms with Gasteiger partial charge in [0, 0.05) is 6.92 Å². The number of hydrogen-bond acceptors (Lipinski definition) is 6. The lowest BCUT2D eigenvalue weighted by Gasteiger charge is -2.15. The summed E-state index contributed by atoms with van der Waals surface area (Å²) in [6, 6.07) is 0. The molecule has 0 radical (unpaired) electrons. The highest BCUT2D eigenvalue weighted by molar-refractivity contribution is 5.94. The van der Waals surface area contributed by atoms with Gasteiger partial charge in [0.1, 0.15) is 13.1 Å². The third-order valence-electron chi connectivity index (χ3n) is 1.66.